The van der Waals surface area contributed by atoms with Gasteiger partial charge < -0.3 is 15.0 Å². The number of nitrogens with zero attached hydrogens (tertiary/aromatic N) is 1. The highest BCUT2D eigenvalue weighted by molar-refractivity contribution is 5.92. The van der Waals surface area contributed by atoms with Crippen molar-refractivity contribution in [3.63, 3.8) is 0 Å². The minimum absolute atomic E-state index is 0.0556. The van der Waals surface area contributed by atoms with E-state index in [1.165, 1.54) is 12.5 Å². The van der Waals surface area contributed by atoms with Gasteiger partial charge in [0.25, 0.3) is 0 Å². The maximum absolute atomic E-state index is 12.1. The molecule has 144 valence electrons. The number of amides is 2. The van der Waals surface area contributed by atoms with Crippen molar-refractivity contribution in [3.05, 3.63) is 59.7 Å². The molecule has 0 heterocycles. The van der Waals surface area contributed by atoms with Crippen LogP contribution in [0.3, 0.4) is 0 Å². The van der Waals surface area contributed by atoms with E-state index in [-0.39, 0.29) is 18.2 Å². The topological polar surface area (TPSA) is 58.6 Å². The van der Waals surface area contributed by atoms with E-state index in [9.17, 15) is 9.59 Å². The Hall–Kier alpha value is -2.82. The van der Waals surface area contributed by atoms with E-state index in [0.717, 1.165) is 29.8 Å². The Morgan fingerprint density at radius 1 is 1.00 bits per heavy atom. The first-order valence-electron chi connectivity index (χ1n) is 9.30. The molecule has 0 fully saturated rings. The minimum atomic E-state index is -0.0646. The second kappa shape index (κ2) is 10.4. The molecule has 0 aliphatic rings. The number of hydrogen-bond donors (Lipinski definition) is 1. The molecular formula is C22H28N2O3. The molecule has 2 rings (SSSR count). The summed E-state index contributed by atoms with van der Waals surface area (Å²) in [6, 6.07) is 15.7. The average molecular weight is 368 g/mol. The van der Waals surface area contributed by atoms with Gasteiger partial charge >= 0.3 is 0 Å². The number of anilines is 1. The summed E-state index contributed by atoms with van der Waals surface area (Å²) in [6.07, 6.45) is 1.99. The molecule has 0 aliphatic carbocycles. The Balaban J connectivity index is 1.79. The smallest absolute Gasteiger partial charge is 0.223 e. The van der Waals surface area contributed by atoms with Gasteiger partial charge in [0.1, 0.15) is 5.75 Å². The molecule has 5 nitrogen and oxygen atoms in total. The Labute approximate surface area is 161 Å². The van der Waals surface area contributed by atoms with Gasteiger partial charge in [-0.25, -0.2) is 0 Å². The number of carbonyl (C=O) groups excluding carboxylic acids is 2. The minimum Gasteiger partial charge on any atom is -0.497 e. The Morgan fingerprint density at radius 2 is 1.63 bits per heavy atom. The lowest BCUT2D eigenvalue weighted by Gasteiger charge is -2.21. The predicted octanol–water partition coefficient (Wildman–Crippen LogP) is 3.36. The van der Waals surface area contributed by atoms with Gasteiger partial charge in [-0.2, -0.15) is 0 Å². The van der Waals surface area contributed by atoms with Gasteiger partial charge in [-0.15, -0.1) is 0 Å². The molecular weight excluding hydrogens is 340 g/mol. The number of aryl methyl sites for hydroxylation is 1. The summed E-state index contributed by atoms with van der Waals surface area (Å²) in [4.78, 5) is 25.7. The molecule has 0 aromatic heterocycles. The molecule has 0 saturated carbocycles. The van der Waals surface area contributed by atoms with E-state index in [1.54, 1.807) is 12.0 Å². The quantitative estimate of drug-likeness (QED) is 0.738. The zero-order chi connectivity index (χ0) is 19.6. The monoisotopic (exact) mass is 368 g/mol. The van der Waals surface area contributed by atoms with Crippen LogP contribution in [0.4, 0.5) is 5.69 Å². The SMILES string of the molecule is CCc1ccc(N(CCC(=O)NCCc2ccc(OC)cc2)C(C)=O)cc1. The highest BCUT2D eigenvalue weighted by Crippen LogP contribution is 2.16. The van der Waals surface area contributed by atoms with Crippen molar-refractivity contribution < 1.29 is 14.3 Å². The first kappa shape index (κ1) is 20.5. The van der Waals surface area contributed by atoms with Crippen LogP contribution >= 0.6 is 0 Å². The molecule has 2 aromatic rings. The Bertz CT molecular complexity index is 739. The van der Waals surface area contributed by atoms with Crippen LogP contribution in [-0.2, 0) is 22.4 Å². The number of carbonyl (C=O) groups is 2. The van der Waals surface area contributed by atoms with Crippen LogP contribution in [0.5, 0.6) is 5.75 Å². The predicted molar refractivity (Wildman–Crippen MR) is 108 cm³/mol. The number of hydrogen-bond acceptors (Lipinski definition) is 3. The van der Waals surface area contributed by atoms with Crippen LogP contribution in [0.25, 0.3) is 0 Å². The number of nitrogens with one attached hydrogen (secondary N) is 1. The van der Waals surface area contributed by atoms with E-state index >= 15 is 0 Å². The first-order valence-corrected chi connectivity index (χ1v) is 9.30. The fourth-order valence-electron chi connectivity index (χ4n) is 2.82. The van der Waals surface area contributed by atoms with Crippen LogP contribution in [0.2, 0.25) is 0 Å². The molecule has 5 heteroatoms. The van der Waals surface area contributed by atoms with Crippen molar-refractivity contribution in [1.82, 2.24) is 5.32 Å². The number of benzene rings is 2. The molecule has 2 amide bonds. The standard InChI is InChI=1S/C22H28N2O3/c1-4-18-5-9-20(10-6-18)24(17(2)25)16-14-22(26)23-15-13-19-7-11-21(27-3)12-8-19/h5-12H,4,13-16H2,1-3H3,(H,23,26). The molecule has 0 atom stereocenters. The molecule has 0 bridgehead atoms. The van der Waals surface area contributed by atoms with E-state index < -0.39 is 0 Å². The van der Waals surface area contributed by atoms with Crippen molar-refractivity contribution in [2.75, 3.05) is 25.1 Å². The lowest BCUT2D eigenvalue weighted by molar-refractivity contribution is -0.121. The average Bonchev–Trinajstić information content (AvgIpc) is 2.69. The van der Waals surface area contributed by atoms with Crippen molar-refractivity contribution in [2.24, 2.45) is 0 Å². The van der Waals surface area contributed by atoms with Crippen molar-refractivity contribution in [1.29, 1.82) is 0 Å². The van der Waals surface area contributed by atoms with Crippen LogP contribution in [0.15, 0.2) is 48.5 Å². The molecule has 0 unspecified atom stereocenters. The molecule has 27 heavy (non-hydrogen) atoms. The van der Waals surface area contributed by atoms with Gasteiger partial charge in [0, 0.05) is 32.1 Å². The Morgan fingerprint density at radius 3 is 2.19 bits per heavy atom. The lowest BCUT2D eigenvalue weighted by Crippen LogP contribution is -2.34. The van der Waals surface area contributed by atoms with Gasteiger partial charge in [-0.1, -0.05) is 31.2 Å². The molecule has 0 spiro atoms. The maximum atomic E-state index is 12.1. The molecule has 0 saturated heterocycles. The summed E-state index contributed by atoms with van der Waals surface area (Å²) in [6.45, 7) is 4.55. The van der Waals surface area contributed by atoms with Gasteiger partial charge in [0.05, 0.1) is 7.11 Å². The zero-order valence-electron chi connectivity index (χ0n) is 16.3. The third-order valence-corrected chi connectivity index (χ3v) is 4.49. The zero-order valence-corrected chi connectivity index (χ0v) is 16.3. The van der Waals surface area contributed by atoms with Crippen molar-refractivity contribution in [2.45, 2.75) is 33.1 Å². The van der Waals surface area contributed by atoms with Crippen LogP contribution in [0.1, 0.15) is 31.4 Å². The van der Waals surface area contributed by atoms with Crippen LogP contribution in [-0.4, -0.2) is 32.0 Å². The summed E-state index contributed by atoms with van der Waals surface area (Å²) >= 11 is 0. The molecule has 2 aromatic carbocycles. The number of rotatable bonds is 9. The summed E-state index contributed by atoms with van der Waals surface area (Å²) in [5, 5.41) is 2.92. The van der Waals surface area contributed by atoms with E-state index in [1.807, 2.05) is 48.5 Å². The third kappa shape index (κ3) is 6.44. The molecule has 0 radical (unpaired) electrons. The van der Waals surface area contributed by atoms with Crippen molar-refractivity contribution >= 4 is 17.5 Å². The maximum Gasteiger partial charge on any atom is 0.223 e. The van der Waals surface area contributed by atoms with Gasteiger partial charge in [0.15, 0.2) is 0 Å². The normalized spacial score (nSPS) is 10.3. The third-order valence-electron chi connectivity index (χ3n) is 4.49. The van der Waals surface area contributed by atoms with Gasteiger partial charge in [-0.3, -0.25) is 9.59 Å². The summed E-state index contributed by atoms with van der Waals surface area (Å²) in [5.41, 5.74) is 3.18. The molecule has 1 N–H and O–H groups in total. The van der Waals surface area contributed by atoms with Gasteiger partial charge in [0.2, 0.25) is 11.8 Å². The van der Waals surface area contributed by atoms with Gasteiger partial charge in [-0.05, 0) is 48.2 Å². The first-order chi connectivity index (χ1) is 13.0. The fraction of sp³-hybridized carbons (Fsp3) is 0.364. The fourth-order valence-corrected chi connectivity index (χ4v) is 2.82. The van der Waals surface area contributed by atoms with E-state index in [4.69, 9.17) is 4.74 Å². The van der Waals surface area contributed by atoms with Crippen LogP contribution < -0.4 is 15.0 Å². The number of methoxy groups -OCH3 is 1. The second-order valence-electron chi connectivity index (χ2n) is 6.39. The second-order valence-corrected chi connectivity index (χ2v) is 6.39. The van der Waals surface area contributed by atoms with Crippen molar-refractivity contribution in [3.8, 4) is 5.75 Å². The van der Waals surface area contributed by atoms with E-state index in [0.29, 0.717) is 13.1 Å². The van der Waals surface area contributed by atoms with Crippen LogP contribution in [0, 0.1) is 0 Å². The summed E-state index contributed by atoms with van der Waals surface area (Å²) < 4.78 is 5.13. The largest absolute Gasteiger partial charge is 0.497 e. The summed E-state index contributed by atoms with van der Waals surface area (Å²) in [5.74, 6) is 0.698. The summed E-state index contributed by atoms with van der Waals surface area (Å²) in [7, 11) is 1.64. The van der Waals surface area contributed by atoms with E-state index in [2.05, 4.69) is 12.2 Å². The lowest BCUT2D eigenvalue weighted by atomic mass is 10.1. The number of ether oxygens (including phenoxy) is 1. The highest BCUT2D eigenvalue weighted by atomic mass is 16.5. The molecule has 0 aliphatic heterocycles. The highest BCUT2D eigenvalue weighted by Gasteiger charge is 2.13. The Kier molecular flexibility index (Phi) is 7.86.